The quantitative estimate of drug-likeness (QED) is 0.848. The van der Waals surface area contributed by atoms with Crippen LogP contribution in [0.2, 0.25) is 0 Å². The first-order valence-corrected chi connectivity index (χ1v) is 6.75. The fourth-order valence-corrected chi connectivity index (χ4v) is 2.38. The molecule has 19 heavy (non-hydrogen) atoms. The van der Waals surface area contributed by atoms with Crippen molar-refractivity contribution in [3.05, 3.63) is 35.6 Å². The van der Waals surface area contributed by atoms with Gasteiger partial charge in [0, 0.05) is 25.1 Å². The molecule has 1 saturated heterocycles. The Labute approximate surface area is 113 Å². The summed E-state index contributed by atoms with van der Waals surface area (Å²) in [6.07, 6.45) is 1.01. The lowest BCUT2D eigenvalue weighted by atomic mass is 9.96. The highest BCUT2D eigenvalue weighted by molar-refractivity contribution is 5.96. The Morgan fingerprint density at radius 2 is 2.32 bits per heavy atom. The molecule has 1 aliphatic rings. The van der Waals surface area contributed by atoms with E-state index in [0.29, 0.717) is 31.0 Å². The van der Waals surface area contributed by atoms with Crippen LogP contribution < -0.4 is 0 Å². The van der Waals surface area contributed by atoms with E-state index in [1.807, 2.05) is 6.92 Å². The van der Waals surface area contributed by atoms with Crippen LogP contribution in [-0.2, 0) is 0 Å². The molecule has 104 valence electrons. The number of nitrogens with zero attached hydrogens (tertiary/aromatic N) is 1. The van der Waals surface area contributed by atoms with E-state index in [0.717, 1.165) is 13.0 Å². The van der Waals surface area contributed by atoms with Crippen LogP contribution in [0.15, 0.2) is 24.3 Å². The number of carbonyl (C=O) groups excluding carboxylic acids is 1. The van der Waals surface area contributed by atoms with E-state index in [-0.39, 0.29) is 17.7 Å². The van der Waals surface area contributed by atoms with E-state index in [4.69, 9.17) is 0 Å². The van der Waals surface area contributed by atoms with Gasteiger partial charge < -0.3 is 10.0 Å². The van der Waals surface area contributed by atoms with E-state index in [1.54, 1.807) is 12.1 Å². The maximum atomic E-state index is 13.0. The Morgan fingerprint density at radius 3 is 3.00 bits per heavy atom. The molecule has 1 N–H and O–H groups in total. The molecule has 2 unspecified atom stereocenters. The third kappa shape index (κ3) is 3.85. The number of likely N-dealkylation sites (tertiary alicyclic amines) is 1. The summed E-state index contributed by atoms with van der Waals surface area (Å²) in [5.74, 6) is -0.101. The molecule has 0 bridgehead atoms. The van der Waals surface area contributed by atoms with Crippen LogP contribution in [0.1, 0.15) is 30.1 Å². The summed E-state index contributed by atoms with van der Waals surface area (Å²) in [6, 6.07) is 5.79. The highest BCUT2D eigenvalue weighted by Gasteiger charge is 2.24. The van der Waals surface area contributed by atoms with Gasteiger partial charge in [0.1, 0.15) is 5.82 Å². The largest absolute Gasteiger partial charge is 0.392 e. The topological polar surface area (TPSA) is 40.5 Å². The number of aliphatic hydroxyl groups excluding tert-OH is 1. The average Bonchev–Trinajstić information content (AvgIpc) is 2.40. The van der Waals surface area contributed by atoms with Gasteiger partial charge in [0.25, 0.3) is 0 Å². The molecule has 2 rings (SSSR count). The molecule has 1 fully saturated rings. The van der Waals surface area contributed by atoms with Gasteiger partial charge in [-0.2, -0.15) is 0 Å². The average molecular weight is 265 g/mol. The molecule has 0 aliphatic carbocycles. The van der Waals surface area contributed by atoms with Crippen LogP contribution in [0, 0.1) is 11.7 Å². The Balaban J connectivity index is 1.84. The number of hydrogen-bond acceptors (Lipinski definition) is 3. The molecule has 2 atom stereocenters. The summed E-state index contributed by atoms with van der Waals surface area (Å²) >= 11 is 0. The maximum Gasteiger partial charge on any atom is 0.164 e. The zero-order chi connectivity index (χ0) is 13.8. The number of hydrogen-bond donors (Lipinski definition) is 1. The van der Waals surface area contributed by atoms with Crippen molar-refractivity contribution in [2.75, 3.05) is 19.6 Å². The second-order valence-corrected chi connectivity index (χ2v) is 5.32. The Hall–Kier alpha value is -1.26. The summed E-state index contributed by atoms with van der Waals surface area (Å²) < 4.78 is 13.0. The lowest BCUT2D eigenvalue weighted by Crippen LogP contribution is -2.43. The normalized spacial score (nSPS) is 24.4. The number of β-amino-alcohol motifs (C(OH)–C–C–N with tert-alkyl or cyclic N) is 1. The molecular weight excluding hydrogens is 245 g/mol. The maximum absolute atomic E-state index is 13.0. The van der Waals surface area contributed by atoms with Crippen molar-refractivity contribution in [3.8, 4) is 0 Å². The molecule has 0 saturated carbocycles. The zero-order valence-corrected chi connectivity index (χ0v) is 11.2. The first-order chi connectivity index (χ1) is 9.06. The summed E-state index contributed by atoms with van der Waals surface area (Å²) in [5, 5.41) is 9.79. The highest BCUT2D eigenvalue weighted by atomic mass is 19.1. The van der Waals surface area contributed by atoms with E-state index in [9.17, 15) is 14.3 Å². The number of rotatable bonds is 4. The van der Waals surface area contributed by atoms with E-state index in [2.05, 4.69) is 4.90 Å². The monoisotopic (exact) mass is 265 g/mol. The number of halogens is 1. The molecule has 0 aromatic heterocycles. The second kappa shape index (κ2) is 6.26. The van der Waals surface area contributed by atoms with Gasteiger partial charge in [0.05, 0.1) is 6.10 Å². The van der Waals surface area contributed by atoms with E-state index < -0.39 is 0 Å². The predicted molar refractivity (Wildman–Crippen MR) is 71.6 cm³/mol. The molecule has 1 aromatic carbocycles. The first kappa shape index (κ1) is 14.2. The third-order valence-corrected chi connectivity index (χ3v) is 3.80. The lowest BCUT2D eigenvalue weighted by molar-refractivity contribution is 0.0287. The van der Waals surface area contributed by atoms with Crippen molar-refractivity contribution in [1.29, 1.82) is 0 Å². The van der Waals surface area contributed by atoms with Crippen LogP contribution in [0.3, 0.4) is 0 Å². The fourth-order valence-electron chi connectivity index (χ4n) is 2.38. The standard InChI is InChI=1S/C15H20FNO2/c1-11-5-7-17(10-15(11)19)8-6-14(18)12-3-2-4-13(16)9-12/h2-4,9,11,15,19H,5-8,10H2,1H3. The van der Waals surface area contributed by atoms with Crippen molar-refractivity contribution in [1.82, 2.24) is 4.90 Å². The van der Waals surface area contributed by atoms with Crippen LogP contribution in [-0.4, -0.2) is 41.5 Å². The molecule has 1 aliphatic heterocycles. The lowest BCUT2D eigenvalue weighted by Gasteiger charge is -2.34. The fraction of sp³-hybridized carbons (Fsp3) is 0.533. The van der Waals surface area contributed by atoms with Gasteiger partial charge in [-0.05, 0) is 31.0 Å². The Morgan fingerprint density at radius 1 is 1.53 bits per heavy atom. The molecule has 1 aromatic rings. The SMILES string of the molecule is CC1CCN(CCC(=O)c2cccc(F)c2)CC1O. The Bertz CT molecular complexity index is 450. The molecule has 1 heterocycles. The van der Waals surface area contributed by atoms with Crippen molar-refractivity contribution in [2.24, 2.45) is 5.92 Å². The number of Topliss-reactive ketones (excluding diaryl/α,β-unsaturated/α-hetero) is 1. The third-order valence-electron chi connectivity index (χ3n) is 3.80. The molecule has 0 spiro atoms. The number of benzene rings is 1. The summed E-state index contributed by atoms with van der Waals surface area (Å²) in [7, 11) is 0. The van der Waals surface area contributed by atoms with Crippen molar-refractivity contribution >= 4 is 5.78 Å². The first-order valence-electron chi connectivity index (χ1n) is 6.75. The van der Waals surface area contributed by atoms with Gasteiger partial charge in [-0.15, -0.1) is 0 Å². The van der Waals surface area contributed by atoms with E-state index in [1.165, 1.54) is 12.1 Å². The van der Waals surface area contributed by atoms with Gasteiger partial charge in [-0.1, -0.05) is 19.1 Å². The van der Waals surface area contributed by atoms with Crippen molar-refractivity contribution in [2.45, 2.75) is 25.9 Å². The Kier molecular flexibility index (Phi) is 4.66. The smallest absolute Gasteiger partial charge is 0.164 e. The number of piperidine rings is 1. The van der Waals surface area contributed by atoms with Gasteiger partial charge in [-0.3, -0.25) is 4.79 Å². The highest BCUT2D eigenvalue weighted by Crippen LogP contribution is 2.17. The number of aliphatic hydroxyl groups is 1. The molecule has 4 heteroatoms. The summed E-state index contributed by atoms with van der Waals surface area (Å²) in [6.45, 7) is 4.20. The minimum Gasteiger partial charge on any atom is -0.392 e. The minimum atomic E-state index is -0.381. The number of carbonyl (C=O) groups is 1. The predicted octanol–water partition coefficient (Wildman–Crippen LogP) is 2.10. The van der Waals surface area contributed by atoms with Crippen molar-refractivity contribution < 1.29 is 14.3 Å². The van der Waals surface area contributed by atoms with Gasteiger partial charge in [0.15, 0.2) is 5.78 Å². The van der Waals surface area contributed by atoms with Gasteiger partial charge in [0.2, 0.25) is 0 Å². The van der Waals surface area contributed by atoms with E-state index >= 15 is 0 Å². The van der Waals surface area contributed by atoms with Crippen LogP contribution in [0.5, 0.6) is 0 Å². The van der Waals surface area contributed by atoms with Crippen LogP contribution in [0.25, 0.3) is 0 Å². The molecular formula is C15H20FNO2. The summed E-state index contributed by atoms with van der Waals surface area (Å²) in [5.41, 5.74) is 0.422. The molecule has 0 radical (unpaired) electrons. The number of ketones is 1. The van der Waals surface area contributed by atoms with Crippen LogP contribution in [0.4, 0.5) is 4.39 Å². The second-order valence-electron chi connectivity index (χ2n) is 5.32. The van der Waals surface area contributed by atoms with Crippen molar-refractivity contribution in [3.63, 3.8) is 0 Å². The molecule has 0 amide bonds. The molecule has 3 nitrogen and oxygen atoms in total. The zero-order valence-electron chi connectivity index (χ0n) is 11.2. The van der Waals surface area contributed by atoms with Crippen LogP contribution >= 0.6 is 0 Å². The summed E-state index contributed by atoms with van der Waals surface area (Å²) in [4.78, 5) is 14.0. The van der Waals surface area contributed by atoms with Gasteiger partial charge in [-0.25, -0.2) is 4.39 Å². The van der Waals surface area contributed by atoms with Gasteiger partial charge >= 0.3 is 0 Å². The minimum absolute atomic E-state index is 0.0485.